The summed E-state index contributed by atoms with van der Waals surface area (Å²) in [7, 11) is 0. The molecule has 3 aromatic heterocycles. The van der Waals surface area contributed by atoms with E-state index in [0.29, 0.717) is 49.8 Å². The zero-order valence-corrected chi connectivity index (χ0v) is 16.9. The molecular weight excluding hydrogens is 412 g/mol. The topological polar surface area (TPSA) is 92.8 Å². The van der Waals surface area contributed by atoms with Gasteiger partial charge in [-0.05, 0) is 38.0 Å². The Hall–Kier alpha value is -3.14. The van der Waals surface area contributed by atoms with Crippen molar-refractivity contribution in [3.05, 3.63) is 29.7 Å². The number of rotatable bonds is 5. The van der Waals surface area contributed by atoms with Gasteiger partial charge in [0.25, 0.3) is 0 Å². The maximum atomic E-state index is 15.0. The summed E-state index contributed by atoms with van der Waals surface area (Å²) in [6.45, 7) is 3.79. The van der Waals surface area contributed by atoms with E-state index >= 15 is 4.39 Å². The summed E-state index contributed by atoms with van der Waals surface area (Å²) >= 11 is 1.19. The van der Waals surface area contributed by atoms with Gasteiger partial charge in [0.1, 0.15) is 22.0 Å². The molecule has 0 spiro atoms. The van der Waals surface area contributed by atoms with Gasteiger partial charge >= 0.3 is 0 Å². The number of carbonyl (C=O) groups excluding carboxylic acids is 1. The summed E-state index contributed by atoms with van der Waals surface area (Å²) in [4.78, 5) is 21.5. The Morgan fingerprint density at radius 1 is 1.40 bits per heavy atom. The monoisotopic (exact) mass is 429 g/mol. The Kier molecular flexibility index (Phi) is 4.39. The zero-order valence-electron chi connectivity index (χ0n) is 16.1. The van der Waals surface area contributed by atoms with E-state index in [1.54, 1.807) is 32.2 Å². The van der Waals surface area contributed by atoms with Crippen LogP contribution in [-0.4, -0.2) is 38.9 Å². The maximum absolute atomic E-state index is 15.0. The molecule has 1 aliphatic carbocycles. The fourth-order valence-electron chi connectivity index (χ4n) is 3.49. The molecule has 0 bridgehead atoms. The normalized spacial score (nSPS) is 18.1. The number of amides is 1. The third-order valence-electron chi connectivity index (χ3n) is 5.12. The molecule has 3 heterocycles. The smallest absolute Gasteiger partial charge is 0.232 e. The Bertz CT molecular complexity index is 1300. The number of alkyl halides is 1. The fourth-order valence-corrected chi connectivity index (χ4v) is 4.33. The number of H-pyrrole nitrogens is 1. The lowest BCUT2D eigenvalue weighted by atomic mass is 9.99. The van der Waals surface area contributed by atoms with E-state index < -0.39 is 17.9 Å². The quantitative estimate of drug-likeness (QED) is 0.491. The number of hydrogen-bond acceptors (Lipinski definition) is 6. The van der Waals surface area contributed by atoms with E-state index in [0.717, 1.165) is 0 Å². The number of nitrogens with one attached hydrogen (secondary N) is 2. The number of halogens is 2. The van der Waals surface area contributed by atoms with Gasteiger partial charge < -0.3 is 10.1 Å². The predicted molar refractivity (Wildman–Crippen MR) is 110 cm³/mol. The molecule has 0 unspecified atom stereocenters. The number of aromatic nitrogens is 4. The Morgan fingerprint density at radius 2 is 2.20 bits per heavy atom. The molecule has 7 nitrogen and oxygen atoms in total. The Balaban J connectivity index is 1.57. The minimum atomic E-state index is -1.07. The first kappa shape index (κ1) is 18.9. The Morgan fingerprint density at radius 3 is 2.93 bits per heavy atom. The minimum absolute atomic E-state index is 0.140. The van der Waals surface area contributed by atoms with Gasteiger partial charge in [0.2, 0.25) is 5.91 Å². The van der Waals surface area contributed by atoms with Gasteiger partial charge in [0.05, 0.1) is 24.4 Å². The van der Waals surface area contributed by atoms with Crippen LogP contribution in [0, 0.1) is 18.7 Å². The number of hydrogen-bond donors (Lipinski definition) is 2. The van der Waals surface area contributed by atoms with Crippen LogP contribution in [0.1, 0.15) is 18.9 Å². The Labute approximate surface area is 173 Å². The van der Waals surface area contributed by atoms with Crippen LogP contribution in [0.5, 0.6) is 5.75 Å². The van der Waals surface area contributed by atoms with Crippen molar-refractivity contribution in [3.8, 4) is 17.0 Å². The van der Waals surface area contributed by atoms with Gasteiger partial charge in [-0.3, -0.25) is 9.89 Å². The molecule has 2 N–H and O–H groups in total. The highest BCUT2D eigenvalue weighted by atomic mass is 32.1. The van der Waals surface area contributed by atoms with Crippen LogP contribution >= 0.6 is 11.3 Å². The number of nitrogens with zero attached hydrogens (tertiary/aromatic N) is 3. The van der Waals surface area contributed by atoms with Crippen molar-refractivity contribution in [3.63, 3.8) is 0 Å². The van der Waals surface area contributed by atoms with E-state index in [1.165, 1.54) is 11.3 Å². The zero-order chi connectivity index (χ0) is 21.0. The minimum Gasteiger partial charge on any atom is -0.489 e. The first-order chi connectivity index (χ1) is 14.5. The number of benzene rings is 1. The summed E-state index contributed by atoms with van der Waals surface area (Å²) in [5.74, 6) is -1.29. The van der Waals surface area contributed by atoms with Gasteiger partial charge in [-0.2, -0.15) is 5.10 Å². The third kappa shape index (κ3) is 2.98. The summed E-state index contributed by atoms with van der Waals surface area (Å²) in [5.41, 5.74) is 2.64. The van der Waals surface area contributed by atoms with Crippen LogP contribution < -0.4 is 10.1 Å². The molecule has 1 aromatic carbocycles. The van der Waals surface area contributed by atoms with Gasteiger partial charge in [-0.1, -0.05) is 11.3 Å². The van der Waals surface area contributed by atoms with E-state index in [9.17, 15) is 9.18 Å². The van der Waals surface area contributed by atoms with Crippen LogP contribution in [0.25, 0.3) is 32.5 Å². The highest BCUT2D eigenvalue weighted by molar-refractivity contribution is 7.22. The van der Waals surface area contributed by atoms with Gasteiger partial charge in [-0.15, -0.1) is 0 Å². The lowest BCUT2D eigenvalue weighted by Crippen LogP contribution is -2.14. The number of anilines is 1. The molecule has 0 radical (unpaired) electrons. The molecule has 30 heavy (non-hydrogen) atoms. The number of pyridine rings is 1. The lowest BCUT2D eigenvalue weighted by Gasteiger charge is -2.13. The van der Waals surface area contributed by atoms with Crippen molar-refractivity contribution in [2.24, 2.45) is 5.92 Å². The average Bonchev–Trinajstić information content (AvgIpc) is 3.11. The highest BCUT2D eigenvalue weighted by Gasteiger charge is 2.43. The molecule has 1 amide bonds. The molecule has 4 aromatic rings. The predicted octanol–water partition coefficient (Wildman–Crippen LogP) is 4.38. The van der Waals surface area contributed by atoms with Crippen molar-refractivity contribution in [1.82, 2.24) is 20.2 Å². The van der Waals surface area contributed by atoms with Gasteiger partial charge in [0.15, 0.2) is 16.7 Å². The summed E-state index contributed by atoms with van der Waals surface area (Å²) in [6, 6.07) is 3.51. The molecule has 0 saturated heterocycles. The average molecular weight is 429 g/mol. The molecule has 1 fully saturated rings. The number of ether oxygens (including phenoxy) is 1. The fraction of sp³-hybridized carbons (Fsp3) is 0.300. The molecule has 1 aliphatic rings. The molecule has 10 heteroatoms. The van der Waals surface area contributed by atoms with Crippen LogP contribution in [0.15, 0.2) is 18.3 Å². The van der Waals surface area contributed by atoms with Crippen molar-refractivity contribution in [1.29, 1.82) is 0 Å². The van der Waals surface area contributed by atoms with E-state index in [1.807, 2.05) is 0 Å². The molecule has 154 valence electrons. The van der Waals surface area contributed by atoms with Crippen LogP contribution in [0.4, 0.5) is 13.9 Å². The number of aromatic amines is 1. The second kappa shape index (κ2) is 6.98. The van der Waals surface area contributed by atoms with Crippen LogP contribution in [0.3, 0.4) is 0 Å². The largest absolute Gasteiger partial charge is 0.489 e. The van der Waals surface area contributed by atoms with E-state index in [4.69, 9.17) is 4.74 Å². The van der Waals surface area contributed by atoms with Gasteiger partial charge in [0, 0.05) is 10.9 Å². The van der Waals surface area contributed by atoms with E-state index in [-0.39, 0.29) is 18.1 Å². The second-order valence-electron chi connectivity index (χ2n) is 7.12. The molecular formula is C20H17F2N5O2S. The summed E-state index contributed by atoms with van der Waals surface area (Å²) in [5, 5.41) is 10.6. The van der Waals surface area contributed by atoms with Crippen LogP contribution in [-0.2, 0) is 4.79 Å². The lowest BCUT2D eigenvalue weighted by molar-refractivity contribution is -0.117. The van der Waals surface area contributed by atoms with Gasteiger partial charge in [-0.25, -0.2) is 18.7 Å². The van der Waals surface area contributed by atoms with E-state index in [2.05, 4.69) is 25.5 Å². The summed E-state index contributed by atoms with van der Waals surface area (Å²) in [6.07, 6.45) is 0.800. The maximum Gasteiger partial charge on any atom is 0.232 e. The SMILES string of the molecule is CCOc1c(F)c(C)c(-c2ccc3nc(NC(=O)[C@@H]4C[C@@H]4F)sc3n2)c2cn[nH]c12. The van der Waals surface area contributed by atoms with Crippen molar-refractivity contribution >= 4 is 43.6 Å². The van der Waals surface area contributed by atoms with Crippen molar-refractivity contribution < 1.29 is 18.3 Å². The third-order valence-corrected chi connectivity index (χ3v) is 6.00. The first-order valence-electron chi connectivity index (χ1n) is 9.48. The number of carbonyl (C=O) groups is 1. The second-order valence-corrected chi connectivity index (χ2v) is 8.10. The molecule has 0 aliphatic heterocycles. The first-order valence-corrected chi connectivity index (χ1v) is 10.3. The van der Waals surface area contributed by atoms with Crippen molar-refractivity contribution in [2.75, 3.05) is 11.9 Å². The number of thiazole rings is 1. The standard InChI is InChI=1S/C20H17F2N5O2S/c1-3-29-17-15(22)8(2)14(10-7-23-27-16(10)17)12-4-5-13-19(24-12)30-20(25-13)26-18(28)9-6-11(9)21/h4-5,7,9,11H,3,6H2,1-2H3,(H,23,27)(H,25,26,28)/t9-,11+/m1/s1. The van der Waals surface area contributed by atoms with Crippen LogP contribution in [0.2, 0.25) is 0 Å². The van der Waals surface area contributed by atoms with Crippen molar-refractivity contribution in [2.45, 2.75) is 26.4 Å². The summed E-state index contributed by atoms with van der Waals surface area (Å²) < 4.78 is 33.6. The molecule has 2 atom stereocenters. The highest BCUT2D eigenvalue weighted by Crippen LogP contribution is 2.40. The molecule has 5 rings (SSSR count). The number of fused-ring (bicyclic) bond motifs is 2. The molecule has 1 saturated carbocycles.